The van der Waals surface area contributed by atoms with Gasteiger partial charge in [0.2, 0.25) is 0 Å². The van der Waals surface area contributed by atoms with E-state index in [0.29, 0.717) is 24.5 Å². The van der Waals surface area contributed by atoms with Crippen LogP contribution in [0.2, 0.25) is 0 Å². The number of nitrogens with one attached hydrogen (secondary N) is 1. The zero-order valence-electron chi connectivity index (χ0n) is 18.1. The molecule has 0 saturated heterocycles. The van der Waals surface area contributed by atoms with Gasteiger partial charge in [-0.25, -0.2) is 4.79 Å². The molecule has 0 aliphatic carbocycles. The number of anilines is 1. The number of esters is 1. The molecule has 1 N–H and O–H groups in total. The largest absolute Gasteiger partial charge is 0.490 e. The number of carbonyl (C=O) groups excluding carboxylic acids is 2. The Morgan fingerprint density at radius 3 is 2.46 bits per heavy atom. The maximum absolute atomic E-state index is 12.9. The molecule has 0 radical (unpaired) electrons. The van der Waals surface area contributed by atoms with E-state index in [-0.39, 0.29) is 17.6 Å². The highest BCUT2D eigenvalue weighted by Gasteiger charge is 2.33. The Morgan fingerprint density at radius 1 is 1.18 bits per heavy atom. The van der Waals surface area contributed by atoms with Gasteiger partial charge in [-0.2, -0.15) is 0 Å². The van der Waals surface area contributed by atoms with Crippen molar-refractivity contribution < 1.29 is 23.8 Å². The Kier molecular flexibility index (Phi) is 10.0. The van der Waals surface area contributed by atoms with Crippen molar-refractivity contribution in [1.29, 1.82) is 0 Å². The van der Waals surface area contributed by atoms with Crippen molar-refractivity contribution in [2.45, 2.75) is 78.4 Å². The molecule has 0 fully saturated rings. The molecule has 0 spiro atoms. The fourth-order valence-corrected chi connectivity index (χ4v) is 2.64. The van der Waals surface area contributed by atoms with Gasteiger partial charge < -0.3 is 19.5 Å². The van der Waals surface area contributed by atoms with Crippen LogP contribution in [0.25, 0.3) is 0 Å². The Hall–Kier alpha value is -2.08. The summed E-state index contributed by atoms with van der Waals surface area (Å²) in [6, 6.07) is 4.99. The minimum absolute atomic E-state index is 0.0383. The first kappa shape index (κ1) is 24.0. The summed E-state index contributed by atoms with van der Waals surface area (Å²) < 4.78 is 16.6. The van der Waals surface area contributed by atoms with E-state index < -0.39 is 11.6 Å². The molecule has 1 rings (SSSR count). The third-order valence-electron chi connectivity index (χ3n) is 4.66. The second-order valence-electron chi connectivity index (χ2n) is 7.18. The fraction of sp³-hybridized carbons (Fsp3) is 0.636. The standard InChI is InChI=1S/C22H35NO5/c1-7-10-13-22(5,27-14-8-2)21(25)23-17-11-12-19(28-16(4)9-3)18(15-17)20(24)26-6/h11-12,15-16H,7-10,13-14H2,1-6H3,(H,23,25)/t16-,22+/m1/s1. The predicted molar refractivity (Wildman–Crippen MR) is 111 cm³/mol. The van der Waals surface area contributed by atoms with Gasteiger partial charge in [0, 0.05) is 12.3 Å². The molecule has 0 heterocycles. The van der Waals surface area contributed by atoms with E-state index in [1.54, 1.807) is 18.2 Å². The van der Waals surface area contributed by atoms with Crippen LogP contribution < -0.4 is 10.1 Å². The molecule has 6 nitrogen and oxygen atoms in total. The lowest BCUT2D eigenvalue weighted by molar-refractivity contribution is -0.140. The first-order chi connectivity index (χ1) is 13.3. The van der Waals surface area contributed by atoms with Crippen molar-refractivity contribution in [2.24, 2.45) is 0 Å². The molecule has 0 aliphatic rings. The van der Waals surface area contributed by atoms with E-state index in [1.165, 1.54) is 7.11 Å². The first-order valence-electron chi connectivity index (χ1n) is 10.2. The van der Waals surface area contributed by atoms with Crippen LogP contribution >= 0.6 is 0 Å². The molecule has 1 amide bonds. The van der Waals surface area contributed by atoms with Gasteiger partial charge in [0.05, 0.1) is 13.2 Å². The van der Waals surface area contributed by atoms with E-state index in [1.807, 2.05) is 27.7 Å². The van der Waals surface area contributed by atoms with Crippen LogP contribution in [-0.2, 0) is 14.3 Å². The van der Waals surface area contributed by atoms with Crippen LogP contribution in [0, 0.1) is 0 Å². The van der Waals surface area contributed by atoms with Crippen molar-refractivity contribution in [1.82, 2.24) is 0 Å². The minimum Gasteiger partial charge on any atom is -0.490 e. The Morgan fingerprint density at radius 2 is 1.89 bits per heavy atom. The lowest BCUT2D eigenvalue weighted by Crippen LogP contribution is -2.43. The zero-order valence-corrected chi connectivity index (χ0v) is 18.1. The monoisotopic (exact) mass is 393 g/mol. The van der Waals surface area contributed by atoms with Gasteiger partial charge >= 0.3 is 5.97 Å². The topological polar surface area (TPSA) is 73.9 Å². The number of amides is 1. The second kappa shape index (κ2) is 11.7. The third-order valence-corrected chi connectivity index (χ3v) is 4.66. The van der Waals surface area contributed by atoms with Gasteiger partial charge in [0.1, 0.15) is 16.9 Å². The number of methoxy groups -OCH3 is 1. The molecule has 0 saturated carbocycles. The number of carbonyl (C=O) groups is 2. The molecular formula is C22H35NO5. The molecule has 0 unspecified atom stereocenters. The average molecular weight is 394 g/mol. The van der Waals surface area contributed by atoms with Gasteiger partial charge in [-0.05, 0) is 51.3 Å². The number of ether oxygens (including phenoxy) is 3. The molecule has 6 heteroatoms. The Labute approximate surface area is 168 Å². The summed E-state index contributed by atoms with van der Waals surface area (Å²) in [6.07, 6.45) is 4.11. The minimum atomic E-state index is -0.913. The number of benzene rings is 1. The van der Waals surface area contributed by atoms with Gasteiger partial charge in [0.25, 0.3) is 5.91 Å². The van der Waals surface area contributed by atoms with Gasteiger partial charge in [-0.3, -0.25) is 4.79 Å². The summed E-state index contributed by atoms with van der Waals surface area (Å²) in [5.41, 5.74) is -0.126. The smallest absolute Gasteiger partial charge is 0.341 e. The van der Waals surface area contributed by atoms with Crippen molar-refractivity contribution >= 4 is 17.6 Å². The van der Waals surface area contributed by atoms with Crippen LogP contribution in [-0.4, -0.2) is 37.3 Å². The van der Waals surface area contributed by atoms with Crippen molar-refractivity contribution in [3.8, 4) is 5.75 Å². The van der Waals surface area contributed by atoms with Gasteiger partial charge in [-0.1, -0.05) is 33.6 Å². The second-order valence-corrected chi connectivity index (χ2v) is 7.18. The summed E-state index contributed by atoms with van der Waals surface area (Å²) in [6.45, 7) is 10.4. The third kappa shape index (κ3) is 6.82. The summed E-state index contributed by atoms with van der Waals surface area (Å²) in [7, 11) is 1.32. The van der Waals surface area contributed by atoms with Crippen LogP contribution in [0.5, 0.6) is 5.75 Å². The Balaban J connectivity index is 3.08. The molecular weight excluding hydrogens is 358 g/mol. The lowest BCUT2D eigenvalue weighted by Gasteiger charge is -2.28. The molecule has 0 aromatic heterocycles. The summed E-state index contributed by atoms with van der Waals surface area (Å²) in [5.74, 6) is -0.290. The van der Waals surface area contributed by atoms with Gasteiger partial charge in [0.15, 0.2) is 0 Å². The van der Waals surface area contributed by atoms with Crippen LogP contribution in [0.15, 0.2) is 18.2 Å². The van der Waals surface area contributed by atoms with Crippen molar-refractivity contribution in [2.75, 3.05) is 19.0 Å². The summed E-state index contributed by atoms with van der Waals surface area (Å²) in [4.78, 5) is 25.1. The first-order valence-corrected chi connectivity index (χ1v) is 10.2. The van der Waals surface area contributed by atoms with Crippen molar-refractivity contribution in [3.05, 3.63) is 23.8 Å². The highest BCUT2D eigenvalue weighted by atomic mass is 16.5. The molecule has 0 aliphatic heterocycles. The van der Waals surface area contributed by atoms with E-state index >= 15 is 0 Å². The number of hydrogen-bond donors (Lipinski definition) is 1. The van der Waals surface area contributed by atoms with Gasteiger partial charge in [-0.15, -0.1) is 0 Å². The fourth-order valence-electron chi connectivity index (χ4n) is 2.64. The quantitative estimate of drug-likeness (QED) is 0.508. The number of hydrogen-bond acceptors (Lipinski definition) is 5. The summed E-state index contributed by atoms with van der Waals surface area (Å²) in [5, 5.41) is 2.89. The lowest BCUT2D eigenvalue weighted by atomic mass is 9.97. The number of rotatable bonds is 12. The van der Waals surface area contributed by atoms with E-state index in [9.17, 15) is 9.59 Å². The molecule has 2 atom stereocenters. The normalized spacial score (nSPS) is 14.1. The molecule has 0 bridgehead atoms. The maximum Gasteiger partial charge on any atom is 0.341 e. The molecule has 1 aromatic carbocycles. The van der Waals surface area contributed by atoms with Crippen LogP contribution in [0.3, 0.4) is 0 Å². The van der Waals surface area contributed by atoms with Crippen LogP contribution in [0.1, 0.15) is 77.1 Å². The zero-order chi connectivity index (χ0) is 21.2. The molecule has 28 heavy (non-hydrogen) atoms. The summed E-state index contributed by atoms with van der Waals surface area (Å²) >= 11 is 0. The highest BCUT2D eigenvalue weighted by Crippen LogP contribution is 2.27. The Bertz CT molecular complexity index is 636. The van der Waals surface area contributed by atoms with E-state index in [0.717, 1.165) is 25.7 Å². The average Bonchev–Trinajstić information content (AvgIpc) is 2.70. The van der Waals surface area contributed by atoms with E-state index in [4.69, 9.17) is 14.2 Å². The highest BCUT2D eigenvalue weighted by molar-refractivity contribution is 5.99. The molecule has 158 valence electrons. The van der Waals surface area contributed by atoms with Crippen molar-refractivity contribution in [3.63, 3.8) is 0 Å². The maximum atomic E-state index is 12.9. The predicted octanol–water partition coefficient (Wildman–Crippen LogP) is 4.96. The number of unbranched alkanes of at least 4 members (excludes halogenated alkanes) is 1. The SMILES string of the molecule is CCCC[C@](C)(OCCC)C(=O)Nc1ccc(O[C@H](C)CC)c(C(=O)OC)c1. The van der Waals surface area contributed by atoms with E-state index in [2.05, 4.69) is 12.2 Å². The van der Waals surface area contributed by atoms with Crippen LogP contribution in [0.4, 0.5) is 5.69 Å². The molecule has 1 aromatic rings.